The first-order chi connectivity index (χ1) is 8.09. The van der Waals surface area contributed by atoms with Gasteiger partial charge in [-0.05, 0) is 49.9 Å². The first-order valence-corrected chi connectivity index (χ1v) is 8.03. The average molecular weight is 252 g/mol. The fourth-order valence-corrected chi connectivity index (χ4v) is 4.03. The van der Waals surface area contributed by atoms with E-state index in [1.54, 1.807) is 0 Å². The molecule has 0 bridgehead atoms. The molecule has 2 aliphatic carbocycles. The van der Waals surface area contributed by atoms with Gasteiger partial charge in [0.2, 0.25) is 0 Å². The topological polar surface area (TPSA) is 24.4 Å². The van der Waals surface area contributed by atoms with Crippen molar-refractivity contribution in [2.24, 2.45) is 16.3 Å². The maximum atomic E-state index is 4.79. The molecule has 0 aromatic rings. The molecule has 2 nitrogen and oxygen atoms in total. The van der Waals surface area contributed by atoms with E-state index in [9.17, 15) is 0 Å². The van der Waals surface area contributed by atoms with E-state index in [0.29, 0.717) is 11.0 Å². The summed E-state index contributed by atoms with van der Waals surface area (Å²) in [6.07, 6.45) is 8.21. The van der Waals surface area contributed by atoms with Crippen molar-refractivity contribution in [2.75, 3.05) is 12.3 Å². The molecule has 1 heterocycles. The fraction of sp³-hybridized carbons (Fsp3) is 0.929. The molecular weight excluding hydrogens is 228 g/mol. The summed E-state index contributed by atoms with van der Waals surface area (Å²) in [6.45, 7) is 5.78. The predicted octanol–water partition coefficient (Wildman–Crippen LogP) is 3.43. The normalized spacial score (nSPS) is 41.8. The van der Waals surface area contributed by atoms with E-state index in [4.69, 9.17) is 4.99 Å². The average Bonchev–Trinajstić information content (AvgIpc) is 2.92. The summed E-state index contributed by atoms with van der Waals surface area (Å²) in [6, 6.07) is 0. The van der Waals surface area contributed by atoms with Crippen molar-refractivity contribution in [2.45, 2.75) is 57.9 Å². The zero-order chi connectivity index (χ0) is 11.9. The number of rotatable bonds is 2. The van der Waals surface area contributed by atoms with Gasteiger partial charge in [-0.1, -0.05) is 25.6 Å². The van der Waals surface area contributed by atoms with Gasteiger partial charge in [0.05, 0.1) is 0 Å². The highest BCUT2D eigenvalue weighted by Gasteiger charge is 2.41. The van der Waals surface area contributed by atoms with E-state index in [0.717, 1.165) is 12.5 Å². The molecule has 1 N–H and O–H groups in total. The van der Waals surface area contributed by atoms with Crippen molar-refractivity contribution >= 4 is 16.9 Å². The number of hydrogen-bond acceptors (Lipinski definition) is 2. The van der Waals surface area contributed by atoms with Gasteiger partial charge in [0.15, 0.2) is 5.17 Å². The summed E-state index contributed by atoms with van der Waals surface area (Å²) in [5, 5.41) is 4.97. The number of nitrogens with one attached hydrogen (secondary N) is 1. The van der Waals surface area contributed by atoms with Crippen LogP contribution in [0, 0.1) is 11.3 Å². The molecule has 17 heavy (non-hydrogen) atoms. The first kappa shape index (κ1) is 11.9. The van der Waals surface area contributed by atoms with Crippen molar-refractivity contribution in [1.29, 1.82) is 0 Å². The number of aliphatic imine (C=N–C) groups is 1. The lowest BCUT2D eigenvalue weighted by molar-refractivity contribution is 0.250. The second kappa shape index (κ2) is 4.18. The third-order valence-electron chi connectivity index (χ3n) is 4.80. The Balaban J connectivity index is 1.57. The number of amidine groups is 1. The van der Waals surface area contributed by atoms with Crippen LogP contribution in [-0.2, 0) is 0 Å². The van der Waals surface area contributed by atoms with Crippen molar-refractivity contribution in [1.82, 2.24) is 5.32 Å². The molecule has 0 amide bonds. The number of nitrogens with zero attached hydrogens (tertiary/aromatic N) is 1. The highest BCUT2D eigenvalue weighted by atomic mass is 32.2. The van der Waals surface area contributed by atoms with Gasteiger partial charge in [-0.2, -0.15) is 0 Å². The third kappa shape index (κ3) is 2.64. The molecule has 0 radical (unpaired) electrons. The molecular formula is C14H24N2S. The van der Waals surface area contributed by atoms with Crippen LogP contribution in [0.3, 0.4) is 0 Å². The lowest BCUT2D eigenvalue weighted by atomic mass is 9.78. The zero-order valence-electron chi connectivity index (χ0n) is 11.1. The Hall–Kier alpha value is -0.180. The molecule has 3 heteroatoms. The van der Waals surface area contributed by atoms with Crippen LogP contribution in [0.1, 0.15) is 52.4 Å². The fourth-order valence-electron chi connectivity index (χ4n) is 2.81. The molecule has 3 rings (SSSR count). The van der Waals surface area contributed by atoms with Gasteiger partial charge in [-0.25, -0.2) is 0 Å². The minimum Gasteiger partial charge on any atom is -0.359 e. The minimum absolute atomic E-state index is 0.403. The van der Waals surface area contributed by atoms with Crippen LogP contribution < -0.4 is 5.32 Å². The van der Waals surface area contributed by atoms with Crippen LogP contribution in [0.5, 0.6) is 0 Å². The quantitative estimate of drug-likeness (QED) is 0.814. The molecule has 96 valence electrons. The Kier molecular flexibility index (Phi) is 2.92. The molecule has 1 spiro atoms. The van der Waals surface area contributed by atoms with Gasteiger partial charge in [-0.3, -0.25) is 4.99 Å². The van der Waals surface area contributed by atoms with Crippen molar-refractivity contribution in [3.8, 4) is 0 Å². The van der Waals surface area contributed by atoms with Crippen LogP contribution in [0.2, 0.25) is 0 Å². The molecule has 1 saturated heterocycles. The van der Waals surface area contributed by atoms with E-state index >= 15 is 0 Å². The molecule has 1 aliphatic heterocycles. The summed E-state index contributed by atoms with van der Waals surface area (Å²) in [4.78, 5) is 4.79. The summed E-state index contributed by atoms with van der Waals surface area (Å²) >= 11 is 1.96. The van der Waals surface area contributed by atoms with Crippen LogP contribution in [0.4, 0.5) is 0 Å². The first-order valence-electron chi connectivity index (χ1n) is 7.05. The van der Waals surface area contributed by atoms with Gasteiger partial charge in [0, 0.05) is 17.8 Å². The monoisotopic (exact) mass is 252 g/mol. The standard InChI is InChI=1S/C14H24N2S/c1-11-3-5-14(6-4-11)10-17-12(16-14)15-9-13(2)7-8-13/h11H,3-10H2,1-2H3,(H,15,16). The molecule has 3 fully saturated rings. The smallest absolute Gasteiger partial charge is 0.157 e. The van der Waals surface area contributed by atoms with Gasteiger partial charge >= 0.3 is 0 Å². The summed E-state index contributed by atoms with van der Waals surface area (Å²) in [7, 11) is 0. The Labute approximate surface area is 109 Å². The van der Waals surface area contributed by atoms with E-state index in [2.05, 4.69) is 19.2 Å². The Morgan fingerprint density at radius 2 is 2.00 bits per heavy atom. The molecule has 0 aromatic carbocycles. The van der Waals surface area contributed by atoms with Gasteiger partial charge in [0.25, 0.3) is 0 Å². The maximum absolute atomic E-state index is 4.79. The van der Waals surface area contributed by atoms with Crippen molar-refractivity contribution in [3.63, 3.8) is 0 Å². The van der Waals surface area contributed by atoms with E-state index < -0.39 is 0 Å². The van der Waals surface area contributed by atoms with Crippen LogP contribution >= 0.6 is 11.8 Å². The minimum atomic E-state index is 0.403. The molecule has 0 aromatic heterocycles. The third-order valence-corrected chi connectivity index (χ3v) is 6.00. The lowest BCUT2D eigenvalue weighted by Gasteiger charge is -2.35. The highest BCUT2D eigenvalue weighted by molar-refractivity contribution is 8.14. The largest absolute Gasteiger partial charge is 0.359 e. The SMILES string of the molecule is CC1CCC2(CC1)CSC(=NCC1(C)CC1)N2. The van der Waals surface area contributed by atoms with Crippen molar-refractivity contribution in [3.05, 3.63) is 0 Å². The Morgan fingerprint density at radius 3 is 2.65 bits per heavy atom. The van der Waals surface area contributed by atoms with Crippen LogP contribution in [0.25, 0.3) is 0 Å². The second-order valence-electron chi connectivity index (χ2n) is 6.81. The number of thioether (sulfide) groups is 1. The maximum Gasteiger partial charge on any atom is 0.157 e. The summed E-state index contributed by atoms with van der Waals surface area (Å²) in [5.74, 6) is 2.17. The molecule has 3 aliphatic rings. The second-order valence-corrected chi connectivity index (χ2v) is 7.77. The van der Waals surface area contributed by atoms with E-state index in [-0.39, 0.29) is 0 Å². The van der Waals surface area contributed by atoms with Crippen LogP contribution in [0.15, 0.2) is 4.99 Å². The van der Waals surface area contributed by atoms with Crippen LogP contribution in [-0.4, -0.2) is 23.0 Å². The molecule has 0 atom stereocenters. The molecule has 0 unspecified atom stereocenters. The van der Waals surface area contributed by atoms with E-state index in [1.807, 2.05) is 11.8 Å². The van der Waals surface area contributed by atoms with Gasteiger partial charge < -0.3 is 5.32 Å². The Bertz CT molecular complexity index is 325. The van der Waals surface area contributed by atoms with E-state index in [1.165, 1.54) is 49.4 Å². The van der Waals surface area contributed by atoms with Gasteiger partial charge in [0.1, 0.15) is 0 Å². The number of hydrogen-bond donors (Lipinski definition) is 1. The summed E-state index contributed by atoms with van der Waals surface area (Å²) < 4.78 is 0. The highest BCUT2D eigenvalue weighted by Crippen LogP contribution is 2.45. The predicted molar refractivity (Wildman–Crippen MR) is 75.6 cm³/mol. The van der Waals surface area contributed by atoms with Gasteiger partial charge in [-0.15, -0.1) is 0 Å². The molecule has 2 saturated carbocycles. The zero-order valence-corrected chi connectivity index (χ0v) is 11.9. The summed E-state index contributed by atoms with van der Waals surface area (Å²) in [5.41, 5.74) is 0.951. The Morgan fingerprint density at radius 1 is 1.29 bits per heavy atom. The van der Waals surface area contributed by atoms with Crippen molar-refractivity contribution < 1.29 is 0 Å². The lowest BCUT2D eigenvalue weighted by Crippen LogP contribution is -2.46.